The van der Waals surface area contributed by atoms with Gasteiger partial charge in [-0.05, 0) is 42.9 Å². The third-order valence-electron chi connectivity index (χ3n) is 7.90. The molecule has 5 nitrogen and oxygen atoms in total. The van der Waals surface area contributed by atoms with Gasteiger partial charge in [0.1, 0.15) is 6.10 Å². The summed E-state index contributed by atoms with van der Waals surface area (Å²) in [6, 6.07) is 0. The van der Waals surface area contributed by atoms with Crippen LogP contribution in [0.15, 0.2) is 23.4 Å². The normalized spacial score (nSPS) is 44.9. The quantitative estimate of drug-likeness (QED) is 0.693. The number of esters is 1. The molecule has 6 atom stereocenters. The SMILES string of the molecule is CC(=O)O[C@@H]1C[C@@H]2[C@H](C=C3NC(=O)C=C3[C@]2(C)O)[C@@]2(C)CCCC(C)(C)[C@H]12. The van der Waals surface area contributed by atoms with Crippen molar-refractivity contribution in [1.29, 1.82) is 0 Å². The van der Waals surface area contributed by atoms with Gasteiger partial charge in [-0.15, -0.1) is 0 Å². The van der Waals surface area contributed by atoms with Gasteiger partial charge >= 0.3 is 5.97 Å². The molecule has 1 heterocycles. The number of hydrogen-bond acceptors (Lipinski definition) is 4. The van der Waals surface area contributed by atoms with Gasteiger partial charge in [0.05, 0.1) is 5.60 Å². The van der Waals surface area contributed by atoms with E-state index < -0.39 is 5.60 Å². The molecule has 3 aliphatic carbocycles. The van der Waals surface area contributed by atoms with E-state index in [0.717, 1.165) is 25.0 Å². The summed E-state index contributed by atoms with van der Waals surface area (Å²) in [7, 11) is 0. The minimum absolute atomic E-state index is 0.0531. The first-order valence-electron chi connectivity index (χ1n) is 10.1. The highest BCUT2D eigenvalue weighted by atomic mass is 16.5. The van der Waals surface area contributed by atoms with Gasteiger partial charge in [-0.25, -0.2) is 0 Å². The zero-order chi connectivity index (χ0) is 19.8. The zero-order valence-corrected chi connectivity index (χ0v) is 17.0. The topological polar surface area (TPSA) is 75.6 Å². The summed E-state index contributed by atoms with van der Waals surface area (Å²) in [5.74, 6) is -0.156. The number of aliphatic hydroxyl groups is 1. The lowest BCUT2D eigenvalue weighted by molar-refractivity contribution is -0.197. The van der Waals surface area contributed by atoms with Crippen molar-refractivity contribution in [1.82, 2.24) is 5.32 Å². The first-order valence-corrected chi connectivity index (χ1v) is 10.1. The van der Waals surface area contributed by atoms with Crippen LogP contribution in [0.2, 0.25) is 0 Å². The molecule has 2 saturated carbocycles. The number of nitrogens with one attached hydrogen (secondary N) is 1. The molecule has 0 aromatic heterocycles. The third-order valence-corrected chi connectivity index (χ3v) is 7.90. The molecule has 148 valence electrons. The maximum Gasteiger partial charge on any atom is 0.302 e. The summed E-state index contributed by atoms with van der Waals surface area (Å²) in [5, 5.41) is 14.4. The van der Waals surface area contributed by atoms with E-state index >= 15 is 0 Å². The molecule has 0 unspecified atom stereocenters. The number of fused-ring (bicyclic) bond motifs is 4. The molecule has 0 aromatic rings. The zero-order valence-electron chi connectivity index (χ0n) is 17.0. The summed E-state index contributed by atoms with van der Waals surface area (Å²) < 4.78 is 5.86. The van der Waals surface area contributed by atoms with Crippen LogP contribution >= 0.6 is 0 Å². The van der Waals surface area contributed by atoms with Gasteiger partial charge in [0.15, 0.2) is 0 Å². The van der Waals surface area contributed by atoms with Crippen molar-refractivity contribution in [3.63, 3.8) is 0 Å². The highest BCUT2D eigenvalue weighted by Gasteiger charge is 2.63. The maximum atomic E-state index is 12.0. The Morgan fingerprint density at radius 3 is 2.63 bits per heavy atom. The summed E-state index contributed by atoms with van der Waals surface area (Å²) in [5.41, 5.74) is 0.271. The van der Waals surface area contributed by atoms with Crippen molar-refractivity contribution in [3.05, 3.63) is 23.4 Å². The fourth-order valence-electron chi connectivity index (χ4n) is 7.01. The average Bonchev–Trinajstić information content (AvgIpc) is 2.89. The lowest BCUT2D eigenvalue weighted by Gasteiger charge is -2.63. The summed E-state index contributed by atoms with van der Waals surface area (Å²) in [6.45, 7) is 10.1. The number of carbonyl (C=O) groups excluding carboxylic acids is 2. The molecule has 0 spiro atoms. The van der Waals surface area contributed by atoms with Crippen LogP contribution in [0.4, 0.5) is 0 Å². The van der Waals surface area contributed by atoms with E-state index in [1.807, 2.05) is 6.92 Å². The molecular weight excluding hydrogens is 342 g/mol. The van der Waals surface area contributed by atoms with Crippen molar-refractivity contribution < 1.29 is 19.4 Å². The number of allylic oxidation sites excluding steroid dienone is 1. The smallest absolute Gasteiger partial charge is 0.302 e. The van der Waals surface area contributed by atoms with E-state index in [1.165, 1.54) is 13.0 Å². The van der Waals surface area contributed by atoms with Crippen LogP contribution in [0.25, 0.3) is 0 Å². The Bertz CT molecular complexity index is 762. The van der Waals surface area contributed by atoms with Crippen molar-refractivity contribution in [3.8, 4) is 0 Å². The van der Waals surface area contributed by atoms with Crippen LogP contribution in [-0.2, 0) is 14.3 Å². The van der Waals surface area contributed by atoms with Crippen LogP contribution in [0.1, 0.15) is 60.3 Å². The Kier molecular flexibility index (Phi) is 3.95. The van der Waals surface area contributed by atoms with Crippen LogP contribution < -0.4 is 5.32 Å². The number of ether oxygens (including phenoxy) is 1. The van der Waals surface area contributed by atoms with Crippen molar-refractivity contribution in [2.75, 3.05) is 0 Å². The van der Waals surface area contributed by atoms with E-state index in [-0.39, 0.29) is 46.6 Å². The first kappa shape index (κ1) is 18.7. The molecule has 2 N–H and O–H groups in total. The number of rotatable bonds is 1. The van der Waals surface area contributed by atoms with Gasteiger partial charge in [0.2, 0.25) is 5.91 Å². The Morgan fingerprint density at radius 2 is 1.96 bits per heavy atom. The van der Waals surface area contributed by atoms with E-state index in [9.17, 15) is 14.7 Å². The molecule has 1 aliphatic heterocycles. The highest BCUT2D eigenvalue weighted by molar-refractivity contribution is 5.95. The van der Waals surface area contributed by atoms with Crippen molar-refractivity contribution in [2.24, 2.45) is 28.6 Å². The van der Waals surface area contributed by atoms with Gasteiger partial charge in [0.25, 0.3) is 0 Å². The standard InChI is InChI=1S/C22H31NO4/c1-12(24)27-17-10-14-13(21(4)8-6-7-20(2,3)19(17)21)9-16-15(22(14,5)26)11-18(25)23-16/h9,11,13-14,17,19,26H,6-8,10H2,1-5H3,(H,23,25)/t13-,14+,17+,19-,21+,22+/m0/s1. The number of amides is 1. The summed E-state index contributed by atoms with van der Waals surface area (Å²) >= 11 is 0. The Morgan fingerprint density at radius 1 is 1.26 bits per heavy atom. The molecule has 0 bridgehead atoms. The van der Waals surface area contributed by atoms with Crippen LogP contribution in [0, 0.1) is 28.6 Å². The molecule has 0 saturated heterocycles. The Balaban J connectivity index is 1.86. The predicted octanol–water partition coefficient (Wildman–Crippen LogP) is 3.09. The van der Waals surface area contributed by atoms with Crippen LogP contribution in [0.5, 0.6) is 0 Å². The van der Waals surface area contributed by atoms with Crippen LogP contribution in [0.3, 0.4) is 0 Å². The third kappa shape index (κ3) is 2.61. The fourth-order valence-corrected chi connectivity index (χ4v) is 7.01. The van der Waals surface area contributed by atoms with Gasteiger partial charge in [-0.3, -0.25) is 9.59 Å². The molecule has 0 radical (unpaired) electrons. The molecule has 0 aromatic carbocycles. The molecular formula is C22H31NO4. The van der Waals surface area contributed by atoms with E-state index in [0.29, 0.717) is 12.0 Å². The maximum absolute atomic E-state index is 12.0. The lowest BCUT2D eigenvalue weighted by Crippen LogP contribution is -2.62. The fraction of sp³-hybridized carbons (Fsp3) is 0.727. The van der Waals surface area contributed by atoms with E-state index in [4.69, 9.17) is 4.74 Å². The van der Waals surface area contributed by atoms with Gasteiger partial charge in [-0.1, -0.05) is 33.3 Å². The Hall–Kier alpha value is -1.62. The summed E-state index contributed by atoms with van der Waals surface area (Å²) in [6.07, 6.45) is 7.37. The van der Waals surface area contributed by atoms with Crippen molar-refractivity contribution in [2.45, 2.75) is 72.0 Å². The number of carbonyl (C=O) groups is 2. The second-order valence-corrected chi connectivity index (χ2v) is 10.1. The largest absolute Gasteiger partial charge is 0.462 e. The molecule has 27 heavy (non-hydrogen) atoms. The van der Waals surface area contributed by atoms with Gasteiger partial charge in [0, 0.05) is 36.1 Å². The minimum atomic E-state index is -1.12. The highest BCUT2D eigenvalue weighted by Crippen LogP contribution is 2.65. The van der Waals surface area contributed by atoms with E-state index in [2.05, 4.69) is 32.2 Å². The van der Waals surface area contributed by atoms with E-state index in [1.54, 1.807) is 0 Å². The average molecular weight is 373 g/mol. The minimum Gasteiger partial charge on any atom is -0.462 e. The van der Waals surface area contributed by atoms with Gasteiger partial charge in [-0.2, -0.15) is 0 Å². The lowest BCUT2D eigenvalue weighted by atomic mass is 9.43. The molecule has 4 rings (SSSR count). The van der Waals surface area contributed by atoms with Crippen LogP contribution in [-0.4, -0.2) is 28.7 Å². The number of hydrogen-bond donors (Lipinski definition) is 2. The monoisotopic (exact) mass is 373 g/mol. The molecule has 1 amide bonds. The Labute approximate surface area is 161 Å². The second-order valence-electron chi connectivity index (χ2n) is 10.1. The molecule has 2 fully saturated rings. The van der Waals surface area contributed by atoms with Crippen molar-refractivity contribution >= 4 is 11.9 Å². The summed E-state index contributed by atoms with van der Waals surface area (Å²) in [4.78, 5) is 23.9. The predicted molar refractivity (Wildman–Crippen MR) is 101 cm³/mol. The second kappa shape index (κ2) is 5.69. The first-order chi connectivity index (χ1) is 12.5. The molecule has 4 aliphatic rings. The van der Waals surface area contributed by atoms with Gasteiger partial charge < -0.3 is 15.2 Å². The molecule has 5 heteroatoms.